The second-order valence-corrected chi connectivity index (χ2v) is 10.4. The lowest BCUT2D eigenvalue weighted by atomic mass is 10.2. The fourth-order valence-electron chi connectivity index (χ4n) is 5.72. The third-order valence-electron chi connectivity index (χ3n) is 7.57. The van der Waals surface area contributed by atoms with Gasteiger partial charge in [-0.3, -0.25) is 0 Å². The second kappa shape index (κ2) is 8.34. The van der Waals surface area contributed by atoms with Crippen molar-refractivity contribution in [1.29, 1.82) is 0 Å². The summed E-state index contributed by atoms with van der Waals surface area (Å²) in [4.78, 5) is 30.7. The van der Waals surface area contributed by atoms with Gasteiger partial charge in [0.05, 0.1) is 56.6 Å². The summed E-state index contributed by atoms with van der Waals surface area (Å²) in [5.74, 6) is 0. The van der Waals surface area contributed by atoms with E-state index in [0.29, 0.717) is 0 Å². The third-order valence-corrected chi connectivity index (χ3v) is 7.57. The zero-order chi connectivity index (χ0) is 26.9. The van der Waals surface area contributed by atoms with Crippen molar-refractivity contribution < 1.29 is 0 Å². The molecule has 0 fully saturated rings. The van der Waals surface area contributed by atoms with Crippen molar-refractivity contribution in [3.05, 3.63) is 106 Å². The summed E-state index contributed by atoms with van der Waals surface area (Å²) in [5.41, 5.74) is 12.6. The predicted molar refractivity (Wildman–Crippen MR) is 168 cm³/mol. The molecule has 0 atom stereocenters. The smallest absolute Gasteiger partial charge is 0.0752 e. The van der Waals surface area contributed by atoms with Crippen LogP contribution in [0.15, 0.2) is 60.7 Å². The number of hydrogen-bond donors (Lipinski definition) is 3. The van der Waals surface area contributed by atoms with E-state index < -0.39 is 0 Å². The van der Waals surface area contributed by atoms with Crippen molar-refractivity contribution in [2.45, 2.75) is 0 Å². The third kappa shape index (κ3) is 3.75. The maximum atomic E-state index is 5.01. The van der Waals surface area contributed by atoms with Gasteiger partial charge >= 0.3 is 0 Å². The largest absolute Gasteiger partial charge is 0.355 e. The highest BCUT2D eigenvalue weighted by atomic mass is 14.8. The standard InChI is InChI=1S/C34H21N7/c1-2-20-16-24-6-10-28(38-24)34-30-12-8-26(40-30)18-22-4-3-21(36-22)17-25-7-11-29(39-25)33(31-13-14-32(34)41-31)27-9-5-23(37-27)15-19(1)35-20/h1-18,35-36,41H. The molecule has 0 amide bonds. The number of H-pyrrole nitrogens is 3. The highest BCUT2D eigenvalue weighted by Gasteiger charge is 2.14. The Hall–Kier alpha value is -5.82. The van der Waals surface area contributed by atoms with Gasteiger partial charge in [0.15, 0.2) is 0 Å². The topological polar surface area (TPSA) is 98.9 Å². The van der Waals surface area contributed by atoms with Crippen LogP contribution in [0.3, 0.4) is 0 Å². The van der Waals surface area contributed by atoms with Gasteiger partial charge < -0.3 is 15.0 Å². The van der Waals surface area contributed by atoms with E-state index in [1.807, 2.05) is 24.3 Å². The molecule has 7 nitrogen and oxygen atoms in total. The summed E-state index contributed by atoms with van der Waals surface area (Å²) in [6.07, 6.45) is 16.4. The molecule has 4 aliphatic heterocycles. The molecular formula is C34H21N7. The number of fused-ring (bicyclic) bond motifs is 16. The molecular weight excluding hydrogens is 506 g/mol. The number of hydrogen-bond acceptors (Lipinski definition) is 4. The Morgan fingerprint density at radius 3 is 0.976 bits per heavy atom. The molecule has 0 aromatic carbocycles. The zero-order valence-electron chi connectivity index (χ0n) is 21.7. The van der Waals surface area contributed by atoms with E-state index >= 15 is 0 Å². The normalized spacial score (nSPS) is 13.5. The monoisotopic (exact) mass is 527 g/mol. The summed E-state index contributed by atoms with van der Waals surface area (Å²) in [6, 6.07) is 20.6. The molecule has 4 aliphatic rings. The van der Waals surface area contributed by atoms with Gasteiger partial charge in [-0.05, 0) is 109 Å². The minimum absolute atomic E-state index is 0.849. The number of nitrogens with zero attached hydrogens (tertiary/aromatic N) is 4. The van der Waals surface area contributed by atoms with Gasteiger partial charge in [0.1, 0.15) is 0 Å². The van der Waals surface area contributed by atoms with Crippen LogP contribution in [-0.4, -0.2) is 34.9 Å². The van der Waals surface area contributed by atoms with Crippen molar-refractivity contribution in [3.63, 3.8) is 0 Å². The first-order valence-electron chi connectivity index (χ1n) is 13.5. The van der Waals surface area contributed by atoms with Gasteiger partial charge in [-0.1, -0.05) is 0 Å². The molecule has 41 heavy (non-hydrogen) atoms. The molecule has 3 N–H and O–H groups in total. The van der Waals surface area contributed by atoms with E-state index in [2.05, 4.69) is 99.9 Å². The molecule has 0 radical (unpaired) electrons. The summed E-state index contributed by atoms with van der Waals surface area (Å²) >= 11 is 0. The Morgan fingerprint density at radius 2 is 0.659 bits per heavy atom. The first kappa shape index (κ1) is 22.0. The minimum Gasteiger partial charge on any atom is -0.355 e. The van der Waals surface area contributed by atoms with E-state index in [1.165, 1.54) is 0 Å². The van der Waals surface area contributed by atoms with Gasteiger partial charge in [-0.2, -0.15) is 0 Å². The summed E-state index contributed by atoms with van der Waals surface area (Å²) < 4.78 is 0. The van der Waals surface area contributed by atoms with E-state index in [-0.39, 0.29) is 0 Å². The molecule has 192 valence electrons. The van der Waals surface area contributed by atoms with Crippen molar-refractivity contribution in [2.24, 2.45) is 0 Å². The quantitative estimate of drug-likeness (QED) is 0.188. The molecule has 0 spiro atoms. The number of nitrogens with one attached hydrogen (secondary N) is 3. The minimum atomic E-state index is 0.849. The predicted octanol–water partition coefficient (Wildman–Crippen LogP) is 7.73. The Balaban J connectivity index is 1.54. The highest BCUT2D eigenvalue weighted by Crippen LogP contribution is 2.30. The molecule has 5 aromatic rings. The fraction of sp³-hybridized carbons (Fsp3) is 0. The van der Waals surface area contributed by atoms with E-state index in [4.69, 9.17) is 19.9 Å². The molecule has 7 heteroatoms. The second-order valence-electron chi connectivity index (χ2n) is 10.4. The van der Waals surface area contributed by atoms with Crippen LogP contribution in [-0.2, 0) is 0 Å². The first-order valence-corrected chi connectivity index (χ1v) is 13.5. The van der Waals surface area contributed by atoms with Crippen molar-refractivity contribution in [3.8, 4) is 0 Å². The lowest BCUT2D eigenvalue weighted by Crippen LogP contribution is -1.85. The Morgan fingerprint density at radius 1 is 0.341 bits per heavy atom. The van der Waals surface area contributed by atoms with Gasteiger partial charge in [0.25, 0.3) is 0 Å². The molecule has 16 bridgehead atoms. The molecule has 5 aromatic heterocycles. The number of rotatable bonds is 0. The molecule has 0 unspecified atom stereocenters. The zero-order valence-corrected chi connectivity index (χ0v) is 21.7. The lowest BCUT2D eigenvalue weighted by molar-refractivity contribution is 1.30. The number of aromatic nitrogens is 7. The van der Waals surface area contributed by atoms with Crippen LogP contribution in [0.1, 0.15) is 45.6 Å². The molecule has 0 saturated heterocycles. The lowest BCUT2D eigenvalue weighted by Gasteiger charge is -1.97. The van der Waals surface area contributed by atoms with E-state index in [9.17, 15) is 0 Å². The van der Waals surface area contributed by atoms with Crippen LogP contribution in [0, 0.1) is 0 Å². The molecule has 0 aliphatic carbocycles. The fourth-order valence-corrected chi connectivity index (χ4v) is 5.72. The van der Waals surface area contributed by atoms with Gasteiger partial charge in [-0.15, -0.1) is 0 Å². The van der Waals surface area contributed by atoms with Crippen molar-refractivity contribution >= 4 is 92.5 Å². The van der Waals surface area contributed by atoms with Gasteiger partial charge in [-0.25, -0.2) is 19.9 Å². The number of aromatic amines is 3. The van der Waals surface area contributed by atoms with Crippen LogP contribution in [0.5, 0.6) is 0 Å². The Bertz CT molecular complexity index is 2070. The molecule has 0 saturated carbocycles. The van der Waals surface area contributed by atoms with Crippen LogP contribution < -0.4 is 0 Å². The van der Waals surface area contributed by atoms with E-state index in [1.54, 1.807) is 0 Å². The average Bonchev–Trinajstić information content (AvgIpc) is 3.79. The maximum Gasteiger partial charge on any atom is 0.0752 e. The first-order chi connectivity index (χ1) is 20.2. The van der Waals surface area contributed by atoms with Crippen LogP contribution in [0.25, 0.3) is 92.5 Å². The summed E-state index contributed by atoms with van der Waals surface area (Å²) in [5, 5.41) is 1.87. The Kier molecular flexibility index (Phi) is 4.48. The van der Waals surface area contributed by atoms with Crippen molar-refractivity contribution in [2.75, 3.05) is 0 Å². The van der Waals surface area contributed by atoms with Gasteiger partial charge in [0, 0.05) is 32.8 Å². The summed E-state index contributed by atoms with van der Waals surface area (Å²) in [7, 11) is 0. The molecule has 9 heterocycles. The van der Waals surface area contributed by atoms with Crippen molar-refractivity contribution in [1.82, 2.24) is 34.9 Å². The highest BCUT2D eigenvalue weighted by molar-refractivity contribution is 6.02. The van der Waals surface area contributed by atoms with Crippen LogP contribution in [0.2, 0.25) is 0 Å². The SMILES string of the molecule is C1=Cc2nc1cc1ccc(cc3nc(c4c5nc(cc6ccc(cc7nc(c2c2ccc4[nH]2)C=C7)[nH]6)C=C5)C=C3)[nH]1. The molecule has 9 rings (SSSR count). The van der Waals surface area contributed by atoms with Gasteiger partial charge in [0.2, 0.25) is 0 Å². The summed E-state index contributed by atoms with van der Waals surface area (Å²) in [6.45, 7) is 0. The average molecular weight is 528 g/mol. The van der Waals surface area contributed by atoms with Crippen LogP contribution >= 0.6 is 0 Å². The van der Waals surface area contributed by atoms with Crippen LogP contribution in [0.4, 0.5) is 0 Å². The maximum absolute atomic E-state index is 5.01. The Labute approximate surface area is 233 Å². The van der Waals surface area contributed by atoms with E-state index in [0.717, 1.165) is 89.4 Å².